The Labute approximate surface area is 125 Å². The van der Waals surface area contributed by atoms with E-state index >= 15 is 0 Å². The summed E-state index contributed by atoms with van der Waals surface area (Å²) in [5.74, 6) is -0.0258. The standard InChI is InChI=1S/C15H23ClN2O2/c1-3-14(12-5-7-13(16)8-6-12)17-15(20)11-18(4-2)9-10-19/h5-8,14,19H,3-4,9-11H2,1-2H3,(H,17,20). The summed E-state index contributed by atoms with van der Waals surface area (Å²) >= 11 is 5.87. The molecule has 4 nitrogen and oxygen atoms in total. The highest BCUT2D eigenvalue weighted by molar-refractivity contribution is 6.30. The van der Waals surface area contributed by atoms with Crippen LogP contribution in [-0.2, 0) is 4.79 Å². The number of aliphatic hydroxyl groups excluding tert-OH is 1. The third kappa shape index (κ3) is 5.49. The number of nitrogens with zero attached hydrogens (tertiary/aromatic N) is 1. The van der Waals surface area contributed by atoms with Crippen molar-refractivity contribution in [1.29, 1.82) is 0 Å². The van der Waals surface area contributed by atoms with Gasteiger partial charge in [-0.25, -0.2) is 0 Å². The Balaban J connectivity index is 2.59. The molecule has 1 aromatic carbocycles. The zero-order chi connectivity index (χ0) is 15.0. The van der Waals surface area contributed by atoms with Gasteiger partial charge in [-0.2, -0.15) is 0 Å². The fourth-order valence-electron chi connectivity index (χ4n) is 2.05. The molecule has 0 aliphatic carbocycles. The van der Waals surface area contributed by atoms with Gasteiger partial charge in [0.25, 0.3) is 0 Å². The van der Waals surface area contributed by atoms with Gasteiger partial charge in [0.15, 0.2) is 0 Å². The summed E-state index contributed by atoms with van der Waals surface area (Å²) in [6.07, 6.45) is 0.819. The summed E-state index contributed by atoms with van der Waals surface area (Å²) in [5.41, 5.74) is 1.05. The first-order chi connectivity index (χ1) is 9.60. The Hall–Kier alpha value is -1.10. The van der Waals surface area contributed by atoms with Crippen molar-refractivity contribution < 1.29 is 9.90 Å². The molecule has 0 bridgehead atoms. The van der Waals surface area contributed by atoms with Gasteiger partial charge in [0.05, 0.1) is 19.2 Å². The van der Waals surface area contributed by atoms with Crippen LogP contribution < -0.4 is 5.32 Å². The van der Waals surface area contributed by atoms with Gasteiger partial charge in [-0.15, -0.1) is 0 Å². The Bertz CT molecular complexity index is 409. The third-order valence-corrected chi connectivity index (χ3v) is 3.50. The summed E-state index contributed by atoms with van der Waals surface area (Å²) in [6, 6.07) is 7.52. The van der Waals surface area contributed by atoms with Crippen molar-refractivity contribution in [3.05, 3.63) is 34.9 Å². The van der Waals surface area contributed by atoms with E-state index in [2.05, 4.69) is 5.32 Å². The summed E-state index contributed by atoms with van der Waals surface area (Å²) in [5, 5.41) is 12.6. The lowest BCUT2D eigenvalue weighted by Gasteiger charge is -2.22. The highest BCUT2D eigenvalue weighted by Crippen LogP contribution is 2.19. The second-order valence-electron chi connectivity index (χ2n) is 4.67. The number of amides is 1. The lowest BCUT2D eigenvalue weighted by Crippen LogP contribution is -2.39. The Morgan fingerprint density at radius 3 is 2.50 bits per heavy atom. The van der Waals surface area contributed by atoms with Crippen LogP contribution in [0, 0.1) is 0 Å². The normalized spacial score (nSPS) is 12.4. The summed E-state index contributed by atoms with van der Waals surface area (Å²) < 4.78 is 0. The second kappa shape index (κ2) is 8.95. The second-order valence-corrected chi connectivity index (χ2v) is 5.11. The van der Waals surface area contributed by atoms with Gasteiger partial charge in [0.1, 0.15) is 0 Å². The number of nitrogens with one attached hydrogen (secondary N) is 1. The van der Waals surface area contributed by atoms with Crippen LogP contribution in [0.4, 0.5) is 0 Å². The number of carbonyl (C=O) groups is 1. The lowest BCUT2D eigenvalue weighted by atomic mass is 10.0. The van der Waals surface area contributed by atoms with Crippen molar-refractivity contribution in [3.63, 3.8) is 0 Å². The minimum absolute atomic E-state index is 0.00685. The van der Waals surface area contributed by atoms with Gasteiger partial charge in [-0.3, -0.25) is 9.69 Å². The van der Waals surface area contributed by atoms with Gasteiger partial charge in [-0.05, 0) is 30.7 Å². The molecule has 0 aliphatic heterocycles. The van der Waals surface area contributed by atoms with Crippen LogP contribution in [0.2, 0.25) is 5.02 Å². The molecule has 0 heterocycles. The zero-order valence-electron chi connectivity index (χ0n) is 12.1. The lowest BCUT2D eigenvalue weighted by molar-refractivity contribution is -0.123. The number of aliphatic hydroxyl groups is 1. The van der Waals surface area contributed by atoms with Crippen LogP contribution in [0.25, 0.3) is 0 Å². The van der Waals surface area contributed by atoms with Crippen LogP contribution in [0.5, 0.6) is 0 Å². The van der Waals surface area contributed by atoms with Crippen molar-refractivity contribution in [2.24, 2.45) is 0 Å². The van der Waals surface area contributed by atoms with Crippen LogP contribution in [-0.4, -0.2) is 42.2 Å². The van der Waals surface area contributed by atoms with Gasteiger partial charge >= 0.3 is 0 Å². The molecule has 1 unspecified atom stereocenters. The van der Waals surface area contributed by atoms with Crippen molar-refractivity contribution in [2.45, 2.75) is 26.3 Å². The molecule has 0 saturated heterocycles. The molecule has 1 rings (SSSR count). The van der Waals surface area contributed by atoms with Crippen LogP contribution in [0.1, 0.15) is 31.9 Å². The maximum absolute atomic E-state index is 12.0. The van der Waals surface area contributed by atoms with Gasteiger partial charge in [0.2, 0.25) is 5.91 Å². The monoisotopic (exact) mass is 298 g/mol. The van der Waals surface area contributed by atoms with E-state index in [0.717, 1.165) is 18.5 Å². The Morgan fingerprint density at radius 2 is 2.00 bits per heavy atom. The van der Waals surface area contributed by atoms with Crippen LogP contribution in [0.15, 0.2) is 24.3 Å². The summed E-state index contributed by atoms with van der Waals surface area (Å²) in [4.78, 5) is 13.9. The summed E-state index contributed by atoms with van der Waals surface area (Å²) in [7, 11) is 0. The highest BCUT2D eigenvalue weighted by atomic mass is 35.5. The van der Waals surface area contributed by atoms with E-state index in [1.165, 1.54) is 0 Å². The molecule has 0 spiro atoms. The van der Waals surface area contributed by atoms with E-state index in [-0.39, 0.29) is 18.6 Å². The van der Waals surface area contributed by atoms with E-state index in [1.54, 1.807) is 0 Å². The number of benzene rings is 1. The third-order valence-electron chi connectivity index (χ3n) is 3.25. The predicted molar refractivity (Wildman–Crippen MR) is 81.8 cm³/mol. The van der Waals surface area contributed by atoms with Crippen molar-refractivity contribution in [3.8, 4) is 0 Å². The number of halogens is 1. The minimum atomic E-state index is -0.0258. The number of hydrogen-bond acceptors (Lipinski definition) is 3. The quantitative estimate of drug-likeness (QED) is 0.774. The van der Waals surface area contributed by atoms with Crippen molar-refractivity contribution in [2.75, 3.05) is 26.2 Å². The highest BCUT2D eigenvalue weighted by Gasteiger charge is 2.14. The maximum Gasteiger partial charge on any atom is 0.234 e. The van der Waals surface area contributed by atoms with Crippen LogP contribution in [0.3, 0.4) is 0 Å². The Morgan fingerprint density at radius 1 is 1.35 bits per heavy atom. The molecule has 1 atom stereocenters. The average Bonchev–Trinajstić information content (AvgIpc) is 2.45. The maximum atomic E-state index is 12.0. The van der Waals surface area contributed by atoms with Crippen molar-refractivity contribution >= 4 is 17.5 Å². The molecule has 20 heavy (non-hydrogen) atoms. The van der Waals surface area contributed by atoms with E-state index in [4.69, 9.17) is 16.7 Å². The number of rotatable bonds is 8. The molecule has 0 radical (unpaired) electrons. The zero-order valence-corrected chi connectivity index (χ0v) is 12.9. The molecule has 5 heteroatoms. The van der Waals surface area contributed by atoms with E-state index in [0.29, 0.717) is 18.1 Å². The topological polar surface area (TPSA) is 52.6 Å². The number of likely N-dealkylation sites (N-methyl/N-ethyl adjacent to an activating group) is 1. The summed E-state index contributed by atoms with van der Waals surface area (Å²) in [6.45, 7) is 5.63. The predicted octanol–water partition coefficient (Wildman–Crippen LogP) is 2.22. The van der Waals surface area contributed by atoms with Gasteiger partial charge in [-0.1, -0.05) is 37.6 Å². The Kier molecular flexibility index (Phi) is 7.59. The fraction of sp³-hybridized carbons (Fsp3) is 0.533. The first-order valence-corrected chi connectivity index (χ1v) is 7.36. The molecule has 0 aliphatic rings. The number of hydrogen-bond donors (Lipinski definition) is 2. The SMILES string of the molecule is CCC(NC(=O)CN(CC)CCO)c1ccc(Cl)cc1. The molecule has 0 fully saturated rings. The first kappa shape index (κ1) is 17.0. The minimum Gasteiger partial charge on any atom is -0.395 e. The van der Waals surface area contributed by atoms with Crippen LogP contribution >= 0.6 is 11.6 Å². The molecule has 112 valence electrons. The first-order valence-electron chi connectivity index (χ1n) is 6.98. The number of carbonyl (C=O) groups excluding carboxylic acids is 1. The van der Waals surface area contributed by atoms with E-state index in [9.17, 15) is 4.79 Å². The van der Waals surface area contributed by atoms with Crippen molar-refractivity contribution in [1.82, 2.24) is 10.2 Å². The average molecular weight is 299 g/mol. The van der Waals surface area contributed by atoms with E-state index < -0.39 is 0 Å². The molecular formula is C15H23ClN2O2. The fourth-order valence-corrected chi connectivity index (χ4v) is 2.18. The smallest absolute Gasteiger partial charge is 0.234 e. The molecule has 1 amide bonds. The molecule has 0 aromatic heterocycles. The van der Waals surface area contributed by atoms with Gasteiger partial charge < -0.3 is 10.4 Å². The molecule has 2 N–H and O–H groups in total. The van der Waals surface area contributed by atoms with E-state index in [1.807, 2.05) is 43.0 Å². The van der Waals surface area contributed by atoms with Gasteiger partial charge in [0, 0.05) is 11.6 Å². The molecule has 0 saturated carbocycles. The largest absolute Gasteiger partial charge is 0.395 e. The molecular weight excluding hydrogens is 276 g/mol. The molecule has 1 aromatic rings.